The first-order valence-corrected chi connectivity index (χ1v) is 7.08. The standard InChI is InChI=1S/C11H21N3O3S/c1-8(17-2)9(15)14-6-4-11(18-3,5-7-14)10(12)13-16/h8,16H,4-7H2,1-3H3,(H2,12,13). The summed E-state index contributed by atoms with van der Waals surface area (Å²) < 4.78 is 4.67. The smallest absolute Gasteiger partial charge is 0.251 e. The van der Waals surface area contributed by atoms with Crippen LogP contribution >= 0.6 is 11.8 Å². The Morgan fingerprint density at radius 1 is 1.56 bits per heavy atom. The van der Waals surface area contributed by atoms with Crippen LogP contribution in [-0.2, 0) is 9.53 Å². The topological polar surface area (TPSA) is 88.2 Å². The molecule has 0 aromatic rings. The van der Waals surface area contributed by atoms with E-state index in [2.05, 4.69) is 5.16 Å². The molecule has 1 aliphatic rings. The van der Waals surface area contributed by atoms with E-state index in [0.29, 0.717) is 25.9 Å². The van der Waals surface area contributed by atoms with Crippen molar-refractivity contribution in [2.24, 2.45) is 10.9 Å². The van der Waals surface area contributed by atoms with Crippen molar-refractivity contribution < 1.29 is 14.7 Å². The molecule has 6 nitrogen and oxygen atoms in total. The van der Waals surface area contributed by atoms with E-state index < -0.39 is 6.10 Å². The molecule has 1 aliphatic heterocycles. The Morgan fingerprint density at radius 3 is 2.50 bits per heavy atom. The van der Waals surface area contributed by atoms with Gasteiger partial charge in [0.2, 0.25) is 0 Å². The maximum Gasteiger partial charge on any atom is 0.251 e. The number of methoxy groups -OCH3 is 1. The second kappa shape index (κ2) is 6.29. The molecular weight excluding hydrogens is 254 g/mol. The molecule has 0 radical (unpaired) electrons. The summed E-state index contributed by atoms with van der Waals surface area (Å²) in [5, 5.41) is 12.0. The SMILES string of the molecule is COC(C)C(=O)N1CCC(SC)(C(N)=NO)CC1. The van der Waals surface area contributed by atoms with Gasteiger partial charge < -0.3 is 20.6 Å². The molecule has 0 bridgehead atoms. The van der Waals surface area contributed by atoms with Crippen molar-refractivity contribution in [3.63, 3.8) is 0 Å². The number of carbonyl (C=O) groups excluding carboxylic acids is 1. The minimum absolute atomic E-state index is 0.00767. The monoisotopic (exact) mass is 275 g/mol. The number of thioether (sulfide) groups is 1. The number of amides is 1. The van der Waals surface area contributed by atoms with Crippen molar-refractivity contribution in [1.82, 2.24) is 4.90 Å². The van der Waals surface area contributed by atoms with E-state index in [0.717, 1.165) is 0 Å². The van der Waals surface area contributed by atoms with Gasteiger partial charge in [-0.2, -0.15) is 11.8 Å². The van der Waals surface area contributed by atoms with Crippen LogP contribution in [0.4, 0.5) is 0 Å². The van der Waals surface area contributed by atoms with Crippen LogP contribution in [0.15, 0.2) is 5.16 Å². The van der Waals surface area contributed by atoms with Crippen molar-refractivity contribution in [3.05, 3.63) is 0 Å². The van der Waals surface area contributed by atoms with Gasteiger partial charge >= 0.3 is 0 Å². The van der Waals surface area contributed by atoms with Crippen LogP contribution in [0, 0.1) is 0 Å². The van der Waals surface area contributed by atoms with Crippen molar-refractivity contribution >= 4 is 23.5 Å². The van der Waals surface area contributed by atoms with Crippen LogP contribution in [0.5, 0.6) is 0 Å². The van der Waals surface area contributed by atoms with Crippen LogP contribution in [0.1, 0.15) is 19.8 Å². The largest absolute Gasteiger partial charge is 0.409 e. The van der Waals surface area contributed by atoms with Gasteiger partial charge in [-0.05, 0) is 26.0 Å². The number of nitrogens with zero attached hydrogens (tertiary/aromatic N) is 2. The Bertz CT molecular complexity index is 327. The number of piperidine rings is 1. The fourth-order valence-electron chi connectivity index (χ4n) is 2.10. The molecule has 0 aromatic carbocycles. The number of rotatable bonds is 4. The number of ether oxygens (including phenoxy) is 1. The Kier molecular flexibility index (Phi) is 5.28. The summed E-state index contributed by atoms with van der Waals surface area (Å²) in [6, 6.07) is 0. The lowest BCUT2D eigenvalue weighted by atomic mass is 9.94. The van der Waals surface area contributed by atoms with E-state index in [9.17, 15) is 4.79 Å². The first-order chi connectivity index (χ1) is 8.50. The van der Waals surface area contributed by atoms with Gasteiger partial charge in [-0.25, -0.2) is 0 Å². The molecule has 0 aliphatic carbocycles. The Morgan fingerprint density at radius 2 is 2.11 bits per heavy atom. The van der Waals surface area contributed by atoms with E-state index in [4.69, 9.17) is 15.7 Å². The molecule has 1 fully saturated rings. The lowest BCUT2D eigenvalue weighted by Gasteiger charge is -2.40. The first-order valence-electron chi connectivity index (χ1n) is 5.85. The number of hydrogen-bond donors (Lipinski definition) is 2. The lowest BCUT2D eigenvalue weighted by Crippen LogP contribution is -2.53. The molecule has 1 rings (SSSR count). The second-order valence-electron chi connectivity index (χ2n) is 4.39. The number of amidine groups is 1. The van der Waals surface area contributed by atoms with Crippen molar-refractivity contribution in [2.75, 3.05) is 26.5 Å². The van der Waals surface area contributed by atoms with Gasteiger partial charge in [0.15, 0.2) is 5.84 Å². The molecule has 0 saturated carbocycles. The van der Waals surface area contributed by atoms with E-state index in [1.54, 1.807) is 23.6 Å². The predicted octanol–water partition coefficient (Wildman–Crippen LogP) is 0.492. The molecule has 0 spiro atoms. The normalized spacial score (nSPS) is 21.7. The van der Waals surface area contributed by atoms with Gasteiger partial charge in [-0.1, -0.05) is 5.16 Å². The number of carbonyl (C=O) groups is 1. The molecule has 1 amide bonds. The zero-order chi connectivity index (χ0) is 13.8. The molecule has 7 heteroatoms. The molecule has 1 saturated heterocycles. The third kappa shape index (κ3) is 2.89. The fourth-order valence-corrected chi connectivity index (χ4v) is 2.94. The van der Waals surface area contributed by atoms with Crippen LogP contribution in [0.25, 0.3) is 0 Å². The van der Waals surface area contributed by atoms with Crippen LogP contribution in [-0.4, -0.2) is 59.2 Å². The lowest BCUT2D eigenvalue weighted by molar-refractivity contribution is -0.141. The van der Waals surface area contributed by atoms with Crippen LogP contribution in [0.2, 0.25) is 0 Å². The molecular formula is C11H21N3O3S. The van der Waals surface area contributed by atoms with Gasteiger partial charge in [-0.3, -0.25) is 4.79 Å². The molecule has 1 heterocycles. The maximum absolute atomic E-state index is 12.0. The fraction of sp³-hybridized carbons (Fsp3) is 0.818. The summed E-state index contributed by atoms with van der Waals surface area (Å²) in [5.74, 6) is 0.230. The highest BCUT2D eigenvalue weighted by molar-refractivity contribution is 8.00. The summed E-state index contributed by atoms with van der Waals surface area (Å²) in [4.78, 5) is 13.7. The maximum atomic E-state index is 12.0. The van der Waals surface area contributed by atoms with Crippen molar-refractivity contribution in [2.45, 2.75) is 30.6 Å². The van der Waals surface area contributed by atoms with Crippen molar-refractivity contribution in [1.29, 1.82) is 0 Å². The number of nitrogens with two attached hydrogens (primary N) is 1. The molecule has 1 unspecified atom stereocenters. The Balaban J connectivity index is 2.67. The third-order valence-corrected chi connectivity index (χ3v) is 4.95. The predicted molar refractivity (Wildman–Crippen MR) is 71.9 cm³/mol. The number of oxime groups is 1. The van der Waals surface area contributed by atoms with Gasteiger partial charge in [0.1, 0.15) is 6.10 Å². The number of hydrogen-bond acceptors (Lipinski definition) is 5. The second-order valence-corrected chi connectivity index (χ2v) is 5.58. The average molecular weight is 275 g/mol. The zero-order valence-electron chi connectivity index (χ0n) is 11.0. The summed E-state index contributed by atoms with van der Waals surface area (Å²) in [6.07, 6.45) is 2.89. The van der Waals surface area contributed by atoms with E-state index in [1.807, 2.05) is 6.26 Å². The van der Waals surface area contributed by atoms with E-state index in [1.165, 1.54) is 7.11 Å². The Labute approximate surface area is 112 Å². The summed E-state index contributed by atoms with van der Waals surface area (Å²) >= 11 is 1.57. The number of likely N-dealkylation sites (tertiary alicyclic amines) is 1. The Hall–Kier alpha value is -0.950. The highest BCUT2D eigenvalue weighted by Crippen LogP contribution is 2.34. The van der Waals surface area contributed by atoms with Crippen molar-refractivity contribution in [3.8, 4) is 0 Å². The average Bonchev–Trinajstić information content (AvgIpc) is 2.44. The van der Waals surface area contributed by atoms with Crippen LogP contribution < -0.4 is 5.73 Å². The molecule has 104 valence electrons. The van der Waals surface area contributed by atoms with Gasteiger partial charge in [0.25, 0.3) is 5.91 Å². The molecule has 18 heavy (non-hydrogen) atoms. The third-order valence-electron chi connectivity index (χ3n) is 3.55. The summed E-state index contributed by atoms with van der Waals surface area (Å²) in [5.41, 5.74) is 5.75. The van der Waals surface area contributed by atoms with Crippen LogP contribution in [0.3, 0.4) is 0 Å². The molecule has 1 atom stereocenters. The quantitative estimate of drug-likeness (QED) is 0.337. The van der Waals surface area contributed by atoms with Gasteiger partial charge in [0, 0.05) is 20.2 Å². The molecule has 3 N–H and O–H groups in total. The highest BCUT2D eigenvalue weighted by Gasteiger charge is 2.39. The first kappa shape index (κ1) is 15.1. The molecule has 0 aromatic heterocycles. The summed E-state index contributed by atoms with van der Waals surface area (Å²) in [6.45, 7) is 2.94. The zero-order valence-corrected chi connectivity index (χ0v) is 11.9. The highest BCUT2D eigenvalue weighted by atomic mass is 32.2. The van der Waals surface area contributed by atoms with Gasteiger partial charge in [-0.15, -0.1) is 0 Å². The van der Waals surface area contributed by atoms with E-state index in [-0.39, 0.29) is 16.5 Å². The summed E-state index contributed by atoms with van der Waals surface area (Å²) in [7, 11) is 1.52. The minimum Gasteiger partial charge on any atom is -0.409 e. The minimum atomic E-state index is -0.421. The van der Waals surface area contributed by atoms with Gasteiger partial charge in [0.05, 0.1) is 4.75 Å². The van der Waals surface area contributed by atoms with E-state index >= 15 is 0 Å².